The van der Waals surface area contributed by atoms with Gasteiger partial charge in [-0.15, -0.1) is 0 Å². The number of rotatable bonds is 2. The molecule has 1 aromatic carbocycles. The van der Waals surface area contributed by atoms with Crippen LogP contribution in [0.15, 0.2) is 42.7 Å². The monoisotopic (exact) mass is 327 g/mol. The molecule has 1 atom stereocenters. The Morgan fingerprint density at radius 2 is 2.17 bits per heavy atom. The van der Waals surface area contributed by atoms with Gasteiger partial charge in [0.15, 0.2) is 0 Å². The van der Waals surface area contributed by atoms with Crippen LogP contribution in [0.5, 0.6) is 0 Å². The van der Waals surface area contributed by atoms with E-state index in [9.17, 15) is 9.59 Å². The molecule has 2 aliphatic rings. The van der Waals surface area contributed by atoms with E-state index in [4.69, 9.17) is 11.6 Å². The molecule has 4 rings (SSSR count). The molecule has 2 heterocycles. The highest BCUT2D eigenvalue weighted by molar-refractivity contribution is 6.30. The van der Waals surface area contributed by atoms with Gasteiger partial charge in [0.25, 0.3) is 5.91 Å². The fourth-order valence-corrected chi connectivity index (χ4v) is 3.63. The van der Waals surface area contributed by atoms with Crippen LogP contribution in [0.3, 0.4) is 0 Å². The summed E-state index contributed by atoms with van der Waals surface area (Å²) < 4.78 is 0. The molecule has 1 aliphatic heterocycles. The van der Waals surface area contributed by atoms with Crippen LogP contribution in [0.2, 0.25) is 5.02 Å². The SMILES string of the molecule is O=C1NC2(CCc3cc(Cl)ccc32)C(=O)N1Cc1cccnc1. The molecular weight excluding hydrogens is 314 g/mol. The van der Waals surface area contributed by atoms with E-state index in [0.29, 0.717) is 11.4 Å². The summed E-state index contributed by atoms with van der Waals surface area (Å²) in [7, 11) is 0. The second-order valence-corrected chi connectivity index (χ2v) is 6.33. The molecule has 1 aromatic heterocycles. The van der Waals surface area contributed by atoms with Crippen molar-refractivity contribution >= 4 is 23.5 Å². The fourth-order valence-electron chi connectivity index (χ4n) is 3.44. The van der Waals surface area contributed by atoms with Crippen LogP contribution >= 0.6 is 11.6 Å². The van der Waals surface area contributed by atoms with Crippen molar-refractivity contribution in [2.75, 3.05) is 0 Å². The van der Waals surface area contributed by atoms with Crippen molar-refractivity contribution in [1.82, 2.24) is 15.2 Å². The van der Waals surface area contributed by atoms with E-state index in [1.807, 2.05) is 18.2 Å². The Morgan fingerprint density at radius 1 is 1.30 bits per heavy atom. The predicted octanol–water partition coefficient (Wildman–Crippen LogP) is 2.63. The first kappa shape index (κ1) is 14.2. The minimum Gasteiger partial charge on any atom is -0.319 e. The van der Waals surface area contributed by atoms with Crippen molar-refractivity contribution < 1.29 is 9.59 Å². The van der Waals surface area contributed by atoms with Crippen molar-refractivity contribution in [3.63, 3.8) is 0 Å². The van der Waals surface area contributed by atoms with Crippen LogP contribution in [0.1, 0.15) is 23.1 Å². The number of imide groups is 1. The zero-order valence-electron chi connectivity index (χ0n) is 12.3. The second-order valence-electron chi connectivity index (χ2n) is 5.89. The fraction of sp³-hybridized carbons (Fsp3) is 0.235. The number of pyridine rings is 1. The predicted molar refractivity (Wildman–Crippen MR) is 84.8 cm³/mol. The molecule has 1 N–H and O–H groups in total. The van der Waals surface area contributed by atoms with Gasteiger partial charge in [0.05, 0.1) is 6.54 Å². The van der Waals surface area contributed by atoms with Crippen LogP contribution in [0.25, 0.3) is 0 Å². The summed E-state index contributed by atoms with van der Waals surface area (Å²) >= 11 is 6.03. The quantitative estimate of drug-likeness (QED) is 0.862. The Hall–Kier alpha value is -2.40. The number of urea groups is 1. The van der Waals surface area contributed by atoms with Crippen LogP contribution < -0.4 is 5.32 Å². The van der Waals surface area contributed by atoms with Gasteiger partial charge in [-0.1, -0.05) is 23.7 Å². The summed E-state index contributed by atoms with van der Waals surface area (Å²) in [6.45, 7) is 0.225. The highest BCUT2D eigenvalue weighted by Gasteiger charge is 2.55. The molecule has 1 fully saturated rings. The molecule has 1 unspecified atom stereocenters. The zero-order chi connectivity index (χ0) is 16.0. The van der Waals surface area contributed by atoms with E-state index in [2.05, 4.69) is 10.3 Å². The van der Waals surface area contributed by atoms with Gasteiger partial charge in [0.1, 0.15) is 5.54 Å². The summed E-state index contributed by atoms with van der Waals surface area (Å²) in [5.74, 6) is -0.201. The standard InChI is InChI=1S/C17H14ClN3O2/c18-13-3-4-14-12(8-13)5-6-17(14)15(22)21(16(23)20-17)10-11-2-1-7-19-9-11/h1-4,7-9H,5-6,10H2,(H,20,23). The molecule has 6 heteroatoms. The minimum atomic E-state index is -0.945. The number of halogens is 1. The van der Waals surface area contributed by atoms with Gasteiger partial charge >= 0.3 is 6.03 Å². The van der Waals surface area contributed by atoms with Crippen molar-refractivity contribution in [3.8, 4) is 0 Å². The third-order valence-corrected chi connectivity index (χ3v) is 4.77. The van der Waals surface area contributed by atoms with E-state index in [0.717, 1.165) is 23.1 Å². The number of hydrogen-bond acceptors (Lipinski definition) is 3. The smallest absolute Gasteiger partial charge is 0.319 e. The average molecular weight is 328 g/mol. The van der Waals surface area contributed by atoms with E-state index in [1.165, 1.54) is 4.90 Å². The van der Waals surface area contributed by atoms with Crippen molar-refractivity contribution in [1.29, 1.82) is 0 Å². The molecule has 23 heavy (non-hydrogen) atoms. The van der Waals surface area contributed by atoms with Crippen molar-refractivity contribution in [2.24, 2.45) is 0 Å². The Morgan fingerprint density at radius 3 is 2.96 bits per heavy atom. The summed E-state index contributed by atoms with van der Waals surface area (Å²) in [4.78, 5) is 30.6. The lowest BCUT2D eigenvalue weighted by Gasteiger charge is -2.22. The number of fused-ring (bicyclic) bond motifs is 2. The number of nitrogens with one attached hydrogen (secondary N) is 1. The first-order valence-electron chi connectivity index (χ1n) is 7.42. The Kier molecular flexibility index (Phi) is 3.13. The van der Waals surface area contributed by atoms with Gasteiger partial charge in [-0.25, -0.2) is 4.79 Å². The van der Waals surface area contributed by atoms with Crippen molar-refractivity contribution in [3.05, 3.63) is 64.4 Å². The summed E-state index contributed by atoms with van der Waals surface area (Å²) in [5.41, 5.74) is 1.75. The van der Waals surface area contributed by atoms with Gasteiger partial charge in [0, 0.05) is 17.4 Å². The number of carbonyl (C=O) groups excluding carboxylic acids is 2. The van der Waals surface area contributed by atoms with Gasteiger partial charge < -0.3 is 5.32 Å². The molecular formula is C17H14ClN3O2. The van der Waals surface area contributed by atoms with E-state index < -0.39 is 5.54 Å². The topological polar surface area (TPSA) is 62.3 Å². The Labute approximate surface area is 138 Å². The molecule has 1 saturated heterocycles. The van der Waals surface area contributed by atoms with E-state index in [1.54, 1.807) is 24.5 Å². The number of carbonyl (C=O) groups is 2. The van der Waals surface area contributed by atoms with Crippen LogP contribution in [-0.2, 0) is 23.3 Å². The van der Waals surface area contributed by atoms with Gasteiger partial charge in [-0.3, -0.25) is 14.7 Å². The Balaban J connectivity index is 1.69. The first-order chi connectivity index (χ1) is 11.1. The van der Waals surface area contributed by atoms with Gasteiger partial charge in [-0.05, 0) is 47.7 Å². The molecule has 2 aromatic rings. The van der Waals surface area contributed by atoms with Crippen LogP contribution in [-0.4, -0.2) is 21.8 Å². The Bertz CT molecular complexity index is 809. The minimum absolute atomic E-state index is 0.201. The third-order valence-electron chi connectivity index (χ3n) is 4.54. The third kappa shape index (κ3) is 2.11. The molecule has 0 radical (unpaired) electrons. The second kappa shape index (κ2) is 5.06. The lowest BCUT2D eigenvalue weighted by atomic mass is 9.92. The largest absolute Gasteiger partial charge is 0.325 e. The van der Waals surface area contributed by atoms with Crippen molar-refractivity contribution in [2.45, 2.75) is 24.9 Å². The molecule has 3 amide bonds. The van der Waals surface area contributed by atoms with E-state index >= 15 is 0 Å². The molecule has 1 spiro atoms. The summed E-state index contributed by atoms with van der Waals surface area (Å²) in [5, 5.41) is 3.54. The average Bonchev–Trinajstić information content (AvgIpc) is 3.02. The van der Waals surface area contributed by atoms with Gasteiger partial charge in [-0.2, -0.15) is 0 Å². The maximum Gasteiger partial charge on any atom is 0.325 e. The highest BCUT2D eigenvalue weighted by Crippen LogP contribution is 2.42. The van der Waals surface area contributed by atoms with Gasteiger partial charge in [0.2, 0.25) is 0 Å². The first-order valence-corrected chi connectivity index (χ1v) is 7.80. The maximum absolute atomic E-state index is 13.0. The maximum atomic E-state index is 13.0. The summed E-state index contributed by atoms with van der Waals surface area (Å²) in [6.07, 6.45) is 4.61. The highest BCUT2D eigenvalue weighted by atomic mass is 35.5. The molecule has 5 nitrogen and oxygen atoms in total. The number of aryl methyl sites for hydroxylation is 1. The number of benzene rings is 1. The lowest BCUT2D eigenvalue weighted by Crippen LogP contribution is -2.41. The normalized spacial score (nSPS) is 22.6. The lowest BCUT2D eigenvalue weighted by molar-refractivity contribution is -0.132. The van der Waals surface area contributed by atoms with Crippen LogP contribution in [0, 0.1) is 0 Å². The molecule has 0 saturated carbocycles. The number of hydrogen-bond donors (Lipinski definition) is 1. The molecule has 0 bridgehead atoms. The molecule has 1 aliphatic carbocycles. The molecule has 116 valence electrons. The zero-order valence-corrected chi connectivity index (χ0v) is 13.0. The number of amides is 3. The number of nitrogens with zero attached hydrogens (tertiary/aromatic N) is 2. The van der Waals surface area contributed by atoms with E-state index in [-0.39, 0.29) is 18.5 Å². The van der Waals surface area contributed by atoms with Crippen LogP contribution in [0.4, 0.5) is 4.79 Å². The number of aromatic nitrogens is 1. The summed E-state index contributed by atoms with van der Waals surface area (Å²) in [6, 6.07) is 8.75.